The number of piperazine rings is 1. The maximum atomic E-state index is 11.4. The van der Waals surface area contributed by atoms with Crippen molar-refractivity contribution in [2.24, 2.45) is 4.99 Å². The first-order valence-electron chi connectivity index (χ1n) is 9.61. The summed E-state index contributed by atoms with van der Waals surface area (Å²) in [5, 5.41) is 6.92. The summed E-state index contributed by atoms with van der Waals surface area (Å²) < 4.78 is 0. The molecule has 0 unspecified atom stereocenters. The zero-order chi connectivity index (χ0) is 18.4. The van der Waals surface area contributed by atoms with Gasteiger partial charge in [-0.05, 0) is 18.4 Å². The smallest absolute Gasteiger partial charge is 0.219 e. The summed E-state index contributed by atoms with van der Waals surface area (Å²) in [5.41, 5.74) is 1.70. The van der Waals surface area contributed by atoms with Crippen LogP contribution in [0.3, 0.4) is 0 Å². The molecule has 3 rings (SSSR count). The molecule has 1 aliphatic carbocycles. The monoisotopic (exact) mass is 357 g/mol. The number of guanidine groups is 1. The van der Waals surface area contributed by atoms with Crippen LogP contribution in [0, 0.1) is 0 Å². The molecule has 1 aromatic rings. The van der Waals surface area contributed by atoms with Gasteiger partial charge in [-0.3, -0.25) is 14.7 Å². The Morgan fingerprint density at radius 1 is 1.12 bits per heavy atom. The van der Waals surface area contributed by atoms with Gasteiger partial charge in [-0.2, -0.15) is 0 Å². The molecule has 1 aliphatic heterocycles. The number of amides is 1. The van der Waals surface area contributed by atoms with Crippen molar-refractivity contribution < 1.29 is 4.79 Å². The minimum Gasteiger partial charge on any atom is -0.356 e. The highest BCUT2D eigenvalue weighted by Crippen LogP contribution is 2.47. The third-order valence-electron chi connectivity index (χ3n) is 5.60. The van der Waals surface area contributed by atoms with Gasteiger partial charge in [0.05, 0.1) is 0 Å². The zero-order valence-corrected chi connectivity index (χ0v) is 16.0. The van der Waals surface area contributed by atoms with Gasteiger partial charge in [-0.15, -0.1) is 0 Å². The maximum absolute atomic E-state index is 11.4. The summed E-state index contributed by atoms with van der Waals surface area (Å²) in [6.45, 7) is 7.97. The first-order chi connectivity index (χ1) is 12.6. The SMILES string of the molecule is CN=C(NCCN1CCN(C(C)=O)CC1)NCC1(c2ccccc2)CC1. The van der Waals surface area contributed by atoms with Crippen LogP contribution in [0.1, 0.15) is 25.3 Å². The first-order valence-corrected chi connectivity index (χ1v) is 9.61. The van der Waals surface area contributed by atoms with Crippen LogP contribution in [0.25, 0.3) is 0 Å². The van der Waals surface area contributed by atoms with Gasteiger partial charge in [0.1, 0.15) is 0 Å². The molecule has 0 aromatic heterocycles. The fourth-order valence-electron chi connectivity index (χ4n) is 3.60. The van der Waals surface area contributed by atoms with E-state index in [1.807, 2.05) is 11.9 Å². The van der Waals surface area contributed by atoms with Gasteiger partial charge in [-0.25, -0.2) is 0 Å². The van der Waals surface area contributed by atoms with E-state index in [0.29, 0.717) is 0 Å². The van der Waals surface area contributed by atoms with Gasteiger partial charge in [0.25, 0.3) is 0 Å². The third kappa shape index (κ3) is 4.75. The van der Waals surface area contributed by atoms with Crippen molar-refractivity contribution >= 4 is 11.9 Å². The van der Waals surface area contributed by atoms with Crippen molar-refractivity contribution in [3.05, 3.63) is 35.9 Å². The van der Waals surface area contributed by atoms with E-state index in [1.165, 1.54) is 18.4 Å². The van der Waals surface area contributed by atoms with E-state index in [4.69, 9.17) is 0 Å². The highest BCUT2D eigenvalue weighted by Gasteiger charge is 2.43. The van der Waals surface area contributed by atoms with Crippen LogP contribution in [-0.2, 0) is 10.2 Å². The Morgan fingerprint density at radius 3 is 2.38 bits per heavy atom. The lowest BCUT2D eigenvalue weighted by molar-refractivity contribution is -0.130. The number of nitrogens with zero attached hydrogens (tertiary/aromatic N) is 3. The molecule has 2 N–H and O–H groups in total. The summed E-state index contributed by atoms with van der Waals surface area (Å²) in [6, 6.07) is 10.8. The van der Waals surface area contributed by atoms with E-state index < -0.39 is 0 Å². The van der Waals surface area contributed by atoms with Gasteiger partial charge in [0, 0.05) is 65.2 Å². The summed E-state index contributed by atoms with van der Waals surface area (Å²) in [7, 11) is 1.82. The van der Waals surface area contributed by atoms with Gasteiger partial charge < -0.3 is 15.5 Å². The number of rotatable bonds is 6. The van der Waals surface area contributed by atoms with E-state index in [-0.39, 0.29) is 11.3 Å². The predicted molar refractivity (Wildman–Crippen MR) is 105 cm³/mol. The van der Waals surface area contributed by atoms with Crippen molar-refractivity contribution in [3.63, 3.8) is 0 Å². The molecule has 1 heterocycles. The predicted octanol–water partition coefficient (Wildman–Crippen LogP) is 1.05. The second kappa shape index (κ2) is 8.54. The quantitative estimate of drug-likeness (QED) is 0.590. The van der Waals surface area contributed by atoms with Crippen molar-refractivity contribution in [1.29, 1.82) is 0 Å². The van der Waals surface area contributed by atoms with Crippen LogP contribution < -0.4 is 10.6 Å². The number of carbonyl (C=O) groups excluding carboxylic acids is 1. The fraction of sp³-hybridized carbons (Fsp3) is 0.600. The molecule has 1 amide bonds. The molecular weight excluding hydrogens is 326 g/mol. The Hall–Kier alpha value is -2.08. The zero-order valence-electron chi connectivity index (χ0n) is 16.0. The van der Waals surface area contributed by atoms with E-state index in [2.05, 4.69) is 50.9 Å². The fourth-order valence-corrected chi connectivity index (χ4v) is 3.60. The molecule has 6 heteroatoms. The van der Waals surface area contributed by atoms with Crippen LogP contribution in [0.15, 0.2) is 35.3 Å². The van der Waals surface area contributed by atoms with E-state index in [0.717, 1.165) is 51.8 Å². The van der Waals surface area contributed by atoms with Crippen LogP contribution in [0.4, 0.5) is 0 Å². The van der Waals surface area contributed by atoms with E-state index in [1.54, 1.807) is 6.92 Å². The van der Waals surface area contributed by atoms with Gasteiger partial charge in [-0.1, -0.05) is 30.3 Å². The second-order valence-corrected chi connectivity index (χ2v) is 7.35. The number of nitrogens with one attached hydrogen (secondary N) is 2. The molecule has 2 aliphatic rings. The topological polar surface area (TPSA) is 60.0 Å². The molecule has 1 saturated heterocycles. The standard InChI is InChI=1S/C20H31N5O/c1-17(26)25-14-12-24(13-15-25)11-10-22-19(21-2)23-16-20(8-9-20)18-6-4-3-5-7-18/h3-7H,8-16H2,1-2H3,(H2,21,22,23). The summed E-state index contributed by atoms with van der Waals surface area (Å²) in [5.74, 6) is 1.05. The normalized spacial score (nSPS) is 19.9. The molecule has 2 fully saturated rings. The molecule has 0 spiro atoms. The number of hydrogen-bond acceptors (Lipinski definition) is 3. The van der Waals surface area contributed by atoms with Crippen LogP contribution in [-0.4, -0.2) is 74.5 Å². The number of carbonyl (C=O) groups is 1. The molecule has 0 bridgehead atoms. The van der Waals surface area contributed by atoms with Crippen molar-refractivity contribution in [2.75, 3.05) is 52.9 Å². The van der Waals surface area contributed by atoms with Crippen LogP contribution in [0.5, 0.6) is 0 Å². The lowest BCUT2D eigenvalue weighted by Gasteiger charge is -2.34. The number of aliphatic imine (C=N–C) groups is 1. The minimum absolute atomic E-state index is 0.180. The van der Waals surface area contributed by atoms with E-state index in [9.17, 15) is 4.79 Å². The van der Waals surface area contributed by atoms with Gasteiger partial charge in [0.15, 0.2) is 5.96 Å². The molecule has 0 radical (unpaired) electrons. The molecule has 0 atom stereocenters. The highest BCUT2D eigenvalue weighted by molar-refractivity contribution is 5.79. The minimum atomic E-state index is 0.180. The molecule has 1 aromatic carbocycles. The Kier molecular flexibility index (Phi) is 6.14. The summed E-state index contributed by atoms with van der Waals surface area (Å²) in [4.78, 5) is 20.0. The van der Waals surface area contributed by atoms with Gasteiger partial charge >= 0.3 is 0 Å². The number of benzene rings is 1. The lowest BCUT2D eigenvalue weighted by Crippen LogP contribution is -2.50. The molecular formula is C20H31N5O. The molecule has 6 nitrogen and oxygen atoms in total. The van der Waals surface area contributed by atoms with E-state index >= 15 is 0 Å². The maximum Gasteiger partial charge on any atom is 0.219 e. The van der Waals surface area contributed by atoms with Gasteiger partial charge in [0.2, 0.25) is 5.91 Å². The van der Waals surface area contributed by atoms with Crippen LogP contribution >= 0.6 is 0 Å². The average molecular weight is 358 g/mol. The second-order valence-electron chi connectivity index (χ2n) is 7.35. The third-order valence-corrected chi connectivity index (χ3v) is 5.60. The largest absolute Gasteiger partial charge is 0.356 e. The summed E-state index contributed by atoms with van der Waals surface area (Å²) in [6.07, 6.45) is 2.48. The molecule has 142 valence electrons. The Bertz CT molecular complexity index is 618. The molecule has 1 saturated carbocycles. The Balaban J connectivity index is 1.37. The first kappa shape index (κ1) is 18.7. The number of hydrogen-bond donors (Lipinski definition) is 2. The van der Waals surface area contributed by atoms with Crippen molar-refractivity contribution in [3.8, 4) is 0 Å². The van der Waals surface area contributed by atoms with Crippen molar-refractivity contribution in [1.82, 2.24) is 20.4 Å². The highest BCUT2D eigenvalue weighted by atomic mass is 16.2. The average Bonchev–Trinajstić information content (AvgIpc) is 3.47. The van der Waals surface area contributed by atoms with Crippen molar-refractivity contribution in [2.45, 2.75) is 25.2 Å². The summed E-state index contributed by atoms with van der Waals surface area (Å²) >= 11 is 0. The molecule has 26 heavy (non-hydrogen) atoms. The Labute approximate surface area is 156 Å². The Morgan fingerprint density at radius 2 is 1.81 bits per heavy atom. The lowest BCUT2D eigenvalue weighted by atomic mass is 9.96. The van der Waals surface area contributed by atoms with Crippen LogP contribution in [0.2, 0.25) is 0 Å².